The molecule has 4 rings (SSSR count). The quantitative estimate of drug-likeness (QED) is 0.386. The minimum Gasteiger partial charge on any atom is -0.493 e. The Morgan fingerprint density at radius 3 is 2.17 bits per heavy atom. The average molecular weight is 471 g/mol. The van der Waals surface area contributed by atoms with Crippen LogP contribution in [0.1, 0.15) is 16.1 Å². The number of aromatic amines is 1. The zero-order valence-corrected chi connectivity index (χ0v) is 19.5. The summed E-state index contributed by atoms with van der Waals surface area (Å²) in [7, 11) is 3.11. The highest BCUT2D eigenvalue weighted by atomic mass is 16.5. The standard InChI is InChI=1S/C27H26N4O4/c1-34-24-13-12-21(14-25(24)35-2)22-15-23(30-29-22)27(33)31(17-26(28)32)16-18-8-10-20(11-9-18)19-6-4-3-5-7-19/h3-15H,16-17H2,1-2H3,(H2,28,32)(H,29,30). The minimum absolute atomic E-state index is 0.218. The average Bonchev–Trinajstić information content (AvgIpc) is 3.38. The van der Waals surface area contributed by atoms with Gasteiger partial charge in [-0.05, 0) is 41.0 Å². The van der Waals surface area contributed by atoms with Gasteiger partial charge in [-0.3, -0.25) is 14.7 Å². The van der Waals surface area contributed by atoms with E-state index in [1.807, 2.05) is 60.7 Å². The van der Waals surface area contributed by atoms with E-state index in [9.17, 15) is 9.59 Å². The maximum absolute atomic E-state index is 13.2. The Morgan fingerprint density at radius 1 is 0.857 bits per heavy atom. The van der Waals surface area contributed by atoms with Crippen LogP contribution in [0.15, 0.2) is 78.9 Å². The third-order valence-corrected chi connectivity index (χ3v) is 5.56. The molecule has 4 aromatic rings. The third-order valence-electron chi connectivity index (χ3n) is 5.56. The smallest absolute Gasteiger partial charge is 0.272 e. The van der Waals surface area contributed by atoms with Crippen LogP contribution in [0.4, 0.5) is 0 Å². The lowest BCUT2D eigenvalue weighted by atomic mass is 10.0. The Bertz CT molecular complexity index is 1320. The number of nitrogens with two attached hydrogens (primary N) is 1. The lowest BCUT2D eigenvalue weighted by molar-refractivity contribution is -0.118. The fraction of sp³-hybridized carbons (Fsp3) is 0.148. The van der Waals surface area contributed by atoms with Crippen LogP contribution in [0.5, 0.6) is 11.5 Å². The first kappa shape index (κ1) is 23.6. The van der Waals surface area contributed by atoms with E-state index >= 15 is 0 Å². The summed E-state index contributed by atoms with van der Waals surface area (Å²) in [6, 6.07) is 24.9. The fourth-order valence-corrected chi connectivity index (χ4v) is 3.79. The first-order chi connectivity index (χ1) is 17.0. The molecule has 0 unspecified atom stereocenters. The monoisotopic (exact) mass is 470 g/mol. The van der Waals surface area contributed by atoms with Gasteiger partial charge in [0.1, 0.15) is 12.2 Å². The molecule has 3 aromatic carbocycles. The maximum Gasteiger partial charge on any atom is 0.272 e. The Hall–Kier alpha value is -4.59. The van der Waals surface area contributed by atoms with E-state index in [-0.39, 0.29) is 24.7 Å². The van der Waals surface area contributed by atoms with Crippen molar-refractivity contribution in [1.29, 1.82) is 0 Å². The molecule has 1 heterocycles. The number of carbonyl (C=O) groups excluding carboxylic acids is 2. The largest absolute Gasteiger partial charge is 0.493 e. The van der Waals surface area contributed by atoms with Crippen molar-refractivity contribution in [2.45, 2.75) is 6.54 Å². The fourth-order valence-electron chi connectivity index (χ4n) is 3.79. The lowest BCUT2D eigenvalue weighted by Crippen LogP contribution is -2.38. The maximum atomic E-state index is 13.2. The summed E-state index contributed by atoms with van der Waals surface area (Å²) in [4.78, 5) is 26.3. The molecule has 3 N–H and O–H groups in total. The van der Waals surface area contributed by atoms with Gasteiger partial charge >= 0.3 is 0 Å². The second kappa shape index (κ2) is 10.6. The van der Waals surface area contributed by atoms with Crippen molar-refractivity contribution < 1.29 is 19.1 Å². The van der Waals surface area contributed by atoms with Crippen LogP contribution in [0, 0.1) is 0 Å². The van der Waals surface area contributed by atoms with E-state index in [1.54, 1.807) is 32.4 Å². The van der Waals surface area contributed by atoms with Crippen LogP contribution in [0.3, 0.4) is 0 Å². The molecule has 1 aromatic heterocycles. The summed E-state index contributed by atoms with van der Waals surface area (Å²) >= 11 is 0. The van der Waals surface area contributed by atoms with Crippen molar-refractivity contribution in [3.63, 3.8) is 0 Å². The number of hydrogen-bond donors (Lipinski definition) is 2. The van der Waals surface area contributed by atoms with E-state index in [4.69, 9.17) is 15.2 Å². The Balaban J connectivity index is 1.54. The van der Waals surface area contributed by atoms with E-state index < -0.39 is 5.91 Å². The molecule has 0 saturated heterocycles. The molecule has 0 radical (unpaired) electrons. The number of ether oxygens (including phenoxy) is 2. The first-order valence-electron chi connectivity index (χ1n) is 11.0. The minimum atomic E-state index is -0.598. The van der Waals surface area contributed by atoms with Gasteiger partial charge in [0.2, 0.25) is 5.91 Å². The van der Waals surface area contributed by atoms with Gasteiger partial charge in [0.05, 0.1) is 19.9 Å². The topological polar surface area (TPSA) is 111 Å². The van der Waals surface area contributed by atoms with Gasteiger partial charge < -0.3 is 20.1 Å². The van der Waals surface area contributed by atoms with Gasteiger partial charge in [0.15, 0.2) is 11.5 Å². The molecule has 0 bridgehead atoms. The lowest BCUT2D eigenvalue weighted by Gasteiger charge is -2.20. The number of nitrogens with zero attached hydrogens (tertiary/aromatic N) is 2. The third kappa shape index (κ3) is 5.50. The van der Waals surface area contributed by atoms with Gasteiger partial charge in [0.25, 0.3) is 5.91 Å². The molecule has 0 aliphatic heterocycles. The molecule has 8 heteroatoms. The molecular formula is C27H26N4O4. The number of methoxy groups -OCH3 is 2. The zero-order chi connectivity index (χ0) is 24.8. The summed E-state index contributed by atoms with van der Waals surface area (Å²) in [5, 5.41) is 7.04. The Labute approximate surface area is 203 Å². The van der Waals surface area contributed by atoms with Crippen molar-refractivity contribution in [1.82, 2.24) is 15.1 Å². The van der Waals surface area contributed by atoms with Crippen molar-refractivity contribution in [2.24, 2.45) is 5.73 Å². The Kier molecular flexibility index (Phi) is 7.11. The predicted molar refractivity (Wildman–Crippen MR) is 133 cm³/mol. The van der Waals surface area contributed by atoms with Crippen molar-refractivity contribution in [2.75, 3.05) is 20.8 Å². The van der Waals surface area contributed by atoms with Gasteiger partial charge in [0, 0.05) is 12.1 Å². The molecule has 0 saturated carbocycles. The molecule has 0 spiro atoms. The molecule has 0 atom stereocenters. The summed E-state index contributed by atoms with van der Waals surface area (Å²) < 4.78 is 10.6. The number of primary amides is 1. The summed E-state index contributed by atoms with van der Waals surface area (Å²) in [5.74, 6) is 0.165. The van der Waals surface area contributed by atoms with Gasteiger partial charge in [-0.1, -0.05) is 54.6 Å². The van der Waals surface area contributed by atoms with Crippen LogP contribution in [-0.4, -0.2) is 47.7 Å². The SMILES string of the molecule is COc1ccc(-c2cc(C(=O)N(CC(N)=O)Cc3ccc(-c4ccccc4)cc3)[nH]n2)cc1OC. The number of carbonyl (C=O) groups is 2. The van der Waals surface area contributed by atoms with Crippen LogP contribution in [-0.2, 0) is 11.3 Å². The van der Waals surface area contributed by atoms with Crippen LogP contribution in [0.25, 0.3) is 22.4 Å². The van der Waals surface area contributed by atoms with Crippen LogP contribution >= 0.6 is 0 Å². The van der Waals surface area contributed by atoms with Crippen molar-refractivity contribution in [3.8, 4) is 33.9 Å². The molecule has 0 aliphatic rings. The highest BCUT2D eigenvalue weighted by molar-refractivity contribution is 5.95. The second-order valence-corrected chi connectivity index (χ2v) is 7.93. The molecule has 0 aliphatic carbocycles. The van der Waals surface area contributed by atoms with E-state index in [0.717, 1.165) is 22.3 Å². The van der Waals surface area contributed by atoms with Gasteiger partial charge in [-0.2, -0.15) is 5.10 Å². The summed E-state index contributed by atoms with van der Waals surface area (Å²) in [6.07, 6.45) is 0. The zero-order valence-electron chi connectivity index (χ0n) is 19.5. The van der Waals surface area contributed by atoms with Gasteiger partial charge in [-0.25, -0.2) is 0 Å². The van der Waals surface area contributed by atoms with Gasteiger partial charge in [-0.15, -0.1) is 0 Å². The Morgan fingerprint density at radius 2 is 1.51 bits per heavy atom. The first-order valence-corrected chi connectivity index (χ1v) is 11.0. The highest BCUT2D eigenvalue weighted by Gasteiger charge is 2.21. The number of amides is 2. The normalized spacial score (nSPS) is 10.6. The van der Waals surface area contributed by atoms with E-state index in [2.05, 4.69) is 10.2 Å². The molecule has 0 fully saturated rings. The number of aromatic nitrogens is 2. The van der Waals surface area contributed by atoms with Crippen molar-refractivity contribution in [3.05, 3.63) is 90.1 Å². The number of nitrogens with one attached hydrogen (secondary N) is 1. The number of rotatable bonds is 9. The van der Waals surface area contributed by atoms with Crippen LogP contribution in [0.2, 0.25) is 0 Å². The van der Waals surface area contributed by atoms with Crippen molar-refractivity contribution >= 4 is 11.8 Å². The molecule has 35 heavy (non-hydrogen) atoms. The predicted octanol–water partition coefficient (Wildman–Crippen LogP) is 3.89. The summed E-state index contributed by atoms with van der Waals surface area (Å²) in [5.41, 5.74) is 10.0. The molecule has 178 valence electrons. The second-order valence-electron chi connectivity index (χ2n) is 7.93. The molecule has 2 amide bonds. The molecular weight excluding hydrogens is 444 g/mol. The van der Waals surface area contributed by atoms with E-state index in [0.29, 0.717) is 17.2 Å². The number of benzene rings is 3. The number of hydrogen-bond acceptors (Lipinski definition) is 5. The van der Waals surface area contributed by atoms with E-state index in [1.165, 1.54) is 4.90 Å². The van der Waals surface area contributed by atoms with Crippen LogP contribution < -0.4 is 15.2 Å². The summed E-state index contributed by atoms with van der Waals surface area (Å²) in [6.45, 7) is 0.00549. The number of H-pyrrole nitrogens is 1. The highest BCUT2D eigenvalue weighted by Crippen LogP contribution is 2.32. The molecule has 8 nitrogen and oxygen atoms in total.